The van der Waals surface area contributed by atoms with Crippen LogP contribution in [0.3, 0.4) is 0 Å². The first-order valence-corrected chi connectivity index (χ1v) is 12.3. The molecule has 0 saturated carbocycles. The highest BCUT2D eigenvalue weighted by Gasteiger charge is 2.55. The number of carbonyl (C=O) groups excluding carboxylic acids is 2. The predicted octanol–water partition coefficient (Wildman–Crippen LogP) is -5.74. The van der Waals surface area contributed by atoms with Gasteiger partial charge in [0.2, 0.25) is 5.91 Å². The zero-order chi connectivity index (χ0) is 30.0. The summed E-state index contributed by atoms with van der Waals surface area (Å²) in [4.78, 5) is 35.3. The average Bonchev–Trinajstić information content (AvgIpc) is 2.87. The third-order valence-corrected chi connectivity index (χ3v) is 6.70. The molecule has 9 N–H and O–H groups in total. The van der Waals surface area contributed by atoms with Gasteiger partial charge in [0.25, 0.3) is 0 Å². The molecule has 18 nitrogen and oxygen atoms in total. The summed E-state index contributed by atoms with van der Waals surface area (Å²) in [6.45, 7) is 2.64. The van der Waals surface area contributed by atoms with Crippen LogP contribution >= 0.6 is 0 Å². The molecule has 3 saturated heterocycles. The van der Waals surface area contributed by atoms with Crippen LogP contribution in [0.5, 0.6) is 0 Å². The van der Waals surface area contributed by atoms with E-state index in [0.29, 0.717) is 0 Å². The number of carbonyl (C=O) groups is 3. The van der Waals surface area contributed by atoms with E-state index in [4.69, 9.17) is 28.4 Å². The molecular formula is C22H35NO17. The summed E-state index contributed by atoms with van der Waals surface area (Å²) < 4.78 is 32.4. The molecule has 0 aromatic rings. The Morgan fingerprint density at radius 3 is 1.95 bits per heavy atom. The third-order valence-electron chi connectivity index (χ3n) is 6.70. The normalized spacial score (nSPS) is 45.9. The van der Waals surface area contributed by atoms with Crippen molar-refractivity contribution < 1.29 is 83.7 Å². The highest BCUT2D eigenvalue weighted by molar-refractivity contribution is 5.73. The van der Waals surface area contributed by atoms with E-state index >= 15 is 0 Å². The molecule has 40 heavy (non-hydrogen) atoms. The molecule has 1 amide bonds. The largest absolute Gasteiger partial charge is 0.479 e. The smallest absolute Gasteiger partial charge is 0.335 e. The lowest BCUT2D eigenvalue weighted by molar-refractivity contribution is -0.364. The Balaban J connectivity index is 1.94. The van der Waals surface area contributed by atoms with E-state index in [2.05, 4.69) is 5.32 Å². The Bertz CT molecular complexity index is 907. The minimum absolute atomic E-state index is 0.736. The van der Waals surface area contributed by atoms with Gasteiger partial charge < -0.3 is 74.6 Å². The van der Waals surface area contributed by atoms with Crippen LogP contribution < -0.4 is 5.32 Å². The summed E-state index contributed by atoms with van der Waals surface area (Å²) in [6.07, 6.45) is -24.4. The van der Waals surface area contributed by atoms with Gasteiger partial charge in [0.05, 0.1) is 12.7 Å². The van der Waals surface area contributed by atoms with Gasteiger partial charge in [-0.25, -0.2) is 4.79 Å². The number of ether oxygens (including phenoxy) is 6. The molecule has 0 aliphatic carbocycles. The molecule has 3 heterocycles. The van der Waals surface area contributed by atoms with Crippen LogP contribution in [0, 0.1) is 0 Å². The van der Waals surface area contributed by atoms with Gasteiger partial charge in [-0.2, -0.15) is 0 Å². The van der Waals surface area contributed by atoms with E-state index in [1.807, 2.05) is 0 Å². The second kappa shape index (κ2) is 13.3. The second-order valence-electron chi connectivity index (χ2n) is 9.68. The van der Waals surface area contributed by atoms with Gasteiger partial charge >= 0.3 is 11.9 Å². The zero-order valence-electron chi connectivity index (χ0n) is 21.6. The molecule has 230 valence electrons. The number of hydrogen-bond acceptors (Lipinski definition) is 16. The molecule has 0 aromatic heterocycles. The fraction of sp³-hybridized carbons (Fsp3) is 0.864. The second-order valence-corrected chi connectivity index (χ2v) is 9.68. The molecule has 3 aliphatic rings. The zero-order valence-corrected chi connectivity index (χ0v) is 21.6. The number of amides is 1. The maximum atomic E-state index is 12.1. The number of hydrogen-bond donors (Lipinski definition) is 9. The summed E-state index contributed by atoms with van der Waals surface area (Å²) in [5.41, 5.74) is 0. The lowest BCUT2D eigenvalue weighted by Crippen LogP contribution is -2.69. The lowest BCUT2D eigenvalue weighted by atomic mass is 9.94. The number of aliphatic hydroxyl groups is 7. The third kappa shape index (κ3) is 6.86. The van der Waals surface area contributed by atoms with Crippen LogP contribution in [-0.2, 0) is 42.8 Å². The van der Waals surface area contributed by atoms with Crippen molar-refractivity contribution in [2.45, 2.75) is 113 Å². The van der Waals surface area contributed by atoms with Gasteiger partial charge in [-0.05, 0) is 6.92 Å². The summed E-state index contributed by atoms with van der Waals surface area (Å²) in [7, 11) is 0. The number of aliphatic hydroxyl groups excluding tert-OH is 7. The first-order valence-electron chi connectivity index (χ1n) is 12.3. The quantitative estimate of drug-likeness (QED) is 0.120. The van der Waals surface area contributed by atoms with Crippen molar-refractivity contribution in [2.75, 3.05) is 6.61 Å². The van der Waals surface area contributed by atoms with Gasteiger partial charge in [-0.15, -0.1) is 0 Å². The van der Waals surface area contributed by atoms with Gasteiger partial charge in [-0.3, -0.25) is 9.59 Å². The van der Waals surface area contributed by atoms with Crippen LogP contribution in [0.15, 0.2) is 0 Å². The number of aliphatic carboxylic acids is 1. The van der Waals surface area contributed by atoms with Crippen LogP contribution in [0.2, 0.25) is 0 Å². The lowest BCUT2D eigenvalue weighted by Gasteiger charge is -2.49. The molecule has 3 fully saturated rings. The summed E-state index contributed by atoms with van der Waals surface area (Å²) in [5.74, 6) is -3.29. The standard InChI is InChI=1S/C22H35NO17/c1-5-10(27)16(36-7(3)26)18(20(34)35-5)40-21-9(23-6(2)25)15(11(28)8(4-24)37-21)38-22-14(31)12(29)13(30)17(39-22)19(32)33/h5,8-18,20-22,24,27-31,34H,4H2,1-3H3,(H,23,25)(H,32,33)/t5-,8+,9+,10-,11-,12-,13+,14+,15+,16+,17-,18+,20+,21-,22+/m0/s1. The molecule has 3 rings (SSSR count). The average molecular weight is 586 g/mol. The molecule has 0 unspecified atom stereocenters. The van der Waals surface area contributed by atoms with Crippen molar-refractivity contribution >= 4 is 17.8 Å². The fourth-order valence-corrected chi connectivity index (χ4v) is 4.68. The highest BCUT2D eigenvalue weighted by Crippen LogP contribution is 2.33. The molecule has 0 bridgehead atoms. The minimum Gasteiger partial charge on any atom is -0.479 e. The molecule has 0 radical (unpaired) electrons. The van der Waals surface area contributed by atoms with Crippen molar-refractivity contribution in [3.63, 3.8) is 0 Å². The van der Waals surface area contributed by atoms with E-state index in [1.54, 1.807) is 0 Å². The number of rotatable bonds is 8. The molecular weight excluding hydrogens is 550 g/mol. The highest BCUT2D eigenvalue weighted by atomic mass is 16.7. The minimum atomic E-state index is -2.06. The molecule has 15 atom stereocenters. The summed E-state index contributed by atoms with van der Waals surface area (Å²) >= 11 is 0. The number of esters is 1. The molecule has 3 aliphatic heterocycles. The monoisotopic (exact) mass is 585 g/mol. The van der Waals surface area contributed by atoms with Crippen molar-refractivity contribution in [2.24, 2.45) is 0 Å². The predicted molar refractivity (Wildman–Crippen MR) is 122 cm³/mol. The number of carboxylic acids is 1. The van der Waals surface area contributed by atoms with Crippen LogP contribution in [0.1, 0.15) is 20.8 Å². The maximum absolute atomic E-state index is 12.1. The SMILES string of the molecule is CC(=O)N[C@H]1[C@H](O[C@@H]2[C@H](OC(C)=O)[C@@H](O)[C@H](C)O[C@H]2O)O[C@H](CO)[C@H](O)[C@@H]1O[C@@H]1O[C@H](C(=O)O)[C@H](O)[C@H](O)[C@H]1O. The van der Waals surface area contributed by atoms with Crippen molar-refractivity contribution in [3.05, 3.63) is 0 Å². The molecule has 0 aromatic carbocycles. The van der Waals surface area contributed by atoms with Crippen molar-refractivity contribution in [1.29, 1.82) is 0 Å². The Labute approximate surface area is 226 Å². The Morgan fingerprint density at radius 2 is 1.40 bits per heavy atom. The van der Waals surface area contributed by atoms with Gasteiger partial charge in [0.15, 0.2) is 37.2 Å². The van der Waals surface area contributed by atoms with Gasteiger partial charge in [-0.1, -0.05) is 0 Å². The summed E-state index contributed by atoms with van der Waals surface area (Å²) in [6, 6.07) is -1.56. The maximum Gasteiger partial charge on any atom is 0.335 e. The molecule has 18 heteroatoms. The van der Waals surface area contributed by atoms with Crippen molar-refractivity contribution in [3.8, 4) is 0 Å². The topological polar surface area (TPSA) is 280 Å². The van der Waals surface area contributed by atoms with E-state index in [9.17, 15) is 55.2 Å². The first-order chi connectivity index (χ1) is 18.7. The summed E-state index contributed by atoms with van der Waals surface area (Å²) in [5, 5.41) is 83.9. The molecule has 0 spiro atoms. The first kappa shape index (κ1) is 32.4. The van der Waals surface area contributed by atoms with E-state index in [-0.39, 0.29) is 0 Å². The van der Waals surface area contributed by atoms with Crippen molar-refractivity contribution in [1.82, 2.24) is 5.32 Å². The van der Waals surface area contributed by atoms with Crippen LogP contribution in [0.25, 0.3) is 0 Å². The van der Waals surface area contributed by atoms with Crippen LogP contribution in [-0.4, -0.2) is 157 Å². The fourth-order valence-electron chi connectivity index (χ4n) is 4.68. The number of carboxylic acid groups (broad SMARTS) is 1. The van der Waals surface area contributed by atoms with E-state index < -0.39 is 117 Å². The van der Waals surface area contributed by atoms with E-state index in [0.717, 1.165) is 13.8 Å². The number of nitrogens with one attached hydrogen (secondary N) is 1. The van der Waals surface area contributed by atoms with Gasteiger partial charge in [0, 0.05) is 13.8 Å². The van der Waals surface area contributed by atoms with E-state index in [1.165, 1.54) is 6.92 Å². The Morgan fingerprint density at radius 1 is 0.775 bits per heavy atom. The van der Waals surface area contributed by atoms with Gasteiger partial charge in [0.1, 0.15) is 48.8 Å². The Hall–Kier alpha value is -2.07. The Kier molecular flexibility index (Phi) is 10.8. The van der Waals surface area contributed by atoms with Crippen LogP contribution in [0.4, 0.5) is 0 Å².